The Morgan fingerprint density at radius 1 is 1.09 bits per heavy atom. The Labute approximate surface area is 210 Å². The van der Waals surface area contributed by atoms with Crippen molar-refractivity contribution >= 4 is 57.5 Å². The zero-order valence-electron chi connectivity index (χ0n) is 18.4. The summed E-state index contributed by atoms with van der Waals surface area (Å²) < 4.78 is 1.55. The second-order valence-electron chi connectivity index (χ2n) is 7.48. The van der Waals surface area contributed by atoms with Crippen molar-refractivity contribution in [3.63, 3.8) is 0 Å². The van der Waals surface area contributed by atoms with Gasteiger partial charge in [-0.1, -0.05) is 71.4 Å². The third-order valence-electron chi connectivity index (χ3n) is 5.10. The standard InChI is InChI=1S/C25H20Cl2N4O2S/c1-15-7-3-6-10-22(15)31-24(33)19-8-4-5-9-21(19)28-25(31)34-14-23(32)30-29-16(2)18-12-11-17(26)13-20(18)27/h3-13H,14H2,1-2H3,(H,30,32). The number of hydrogen-bond donors (Lipinski definition) is 1. The Morgan fingerprint density at radius 2 is 1.82 bits per heavy atom. The number of fused-ring (bicyclic) bond motifs is 1. The number of nitrogens with one attached hydrogen (secondary N) is 1. The first-order valence-electron chi connectivity index (χ1n) is 10.3. The van der Waals surface area contributed by atoms with Gasteiger partial charge in [0.2, 0.25) is 0 Å². The predicted octanol–water partition coefficient (Wildman–Crippen LogP) is 5.63. The molecular formula is C25H20Cl2N4O2S. The lowest BCUT2D eigenvalue weighted by Crippen LogP contribution is -2.25. The van der Waals surface area contributed by atoms with Crippen molar-refractivity contribution in [1.29, 1.82) is 0 Å². The van der Waals surface area contributed by atoms with Gasteiger partial charge >= 0.3 is 0 Å². The lowest BCUT2D eigenvalue weighted by Gasteiger charge is -2.14. The number of benzene rings is 3. The number of para-hydroxylation sites is 2. The Bertz CT molecular complexity index is 1480. The van der Waals surface area contributed by atoms with E-state index < -0.39 is 0 Å². The van der Waals surface area contributed by atoms with Gasteiger partial charge in [0.1, 0.15) is 0 Å². The molecule has 3 aromatic carbocycles. The van der Waals surface area contributed by atoms with Gasteiger partial charge < -0.3 is 0 Å². The van der Waals surface area contributed by atoms with Crippen molar-refractivity contribution < 1.29 is 4.79 Å². The van der Waals surface area contributed by atoms with Crippen molar-refractivity contribution in [3.05, 3.63) is 98.3 Å². The molecule has 1 heterocycles. The first-order valence-corrected chi connectivity index (χ1v) is 12.1. The first kappa shape index (κ1) is 24.0. The van der Waals surface area contributed by atoms with Crippen LogP contribution in [0.5, 0.6) is 0 Å². The van der Waals surface area contributed by atoms with E-state index in [9.17, 15) is 9.59 Å². The molecule has 9 heteroatoms. The molecule has 34 heavy (non-hydrogen) atoms. The first-order chi connectivity index (χ1) is 16.3. The molecule has 1 amide bonds. The van der Waals surface area contributed by atoms with Crippen LogP contribution in [0.2, 0.25) is 10.0 Å². The summed E-state index contributed by atoms with van der Waals surface area (Å²) in [5.41, 5.74) is 5.78. The summed E-state index contributed by atoms with van der Waals surface area (Å²) in [5, 5.41) is 6.05. The quantitative estimate of drug-likeness (QED) is 0.158. The summed E-state index contributed by atoms with van der Waals surface area (Å²) in [6.07, 6.45) is 0. The summed E-state index contributed by atoms with van der Waals surface area (Å²) in [7, 11) is 0. The second-order valence-corrected chi connectivity index (χ2v) is 9.27. The molecule has 1 aromatic heterocycles. The Kier molecular flexibility index (Phi) is 7.36. The largest absolute Gasteiger partial charge is 0.272 e. The molecule has 6 nitrogen and oxygen atoms in total. The van der Waals surface area contributed by atoms with Crippen LogP contribution in [-0.4, -0.2) is 26.9 Å². The minimum Gasteiger partial charge on any atom is -0.272 e. The highest BCUT2D eigenvalue weighted by Gasteiger charge is 2.16. The van der Waals surface area contributed by atoms with E-state index >= 15 is 0 Å². The average molecular weight is 511 g/mol. The Morgan fingerprint density at radius 3 is 2.59 bits per heavy atom. The van der Waals surface area contributed by atoms with Crippen LogP contribution in [0.4, 0.5) is 0 Å². The molecule has 0 aliphatic carbocycles. The molecule has 0 bridgehead atoms. The van der Waals surface area contributed by atoms with E-state index in [-0.39, 0.29) is 17.2 Å². The number of thioether (sulfide) groups is 1. The summed E-state index contributed by atoms with van der Waals surface area (Å²) in [4.78, 5) is 30.6. The number of hydrazone groups is 1. The lowest BCUT2D eigenvalue weighted by molar-refractivity contribution is -0.118. The highest BCUT2D eigenvalue weighted by molar-refractivity contribution is 7.99. The van der Waals surface area contributed by atoms with E-state index in [0.29, 0.717) is 37.4 Å². The number of amides is 1. The van der Waals surface area contributed by atoms with E-state index in [0.717, 1.165) is 11.3 Å². The van der Waals surface area contributed by atoms with Crippen LogP contribution in [-0.2, 0) is 4.79 Å². The van der Waals surface area contributed by atoms with Gasteiger partial charge in [0.25, 0.3) is 11.5 Å². The van der Waals surface area contributed by atoms with Gasteiger partial charge in [0.05, 0.1) is 33.1 Å². The summed E-state index contributed by atoms with van der Waals surface area (Å²) in [6.45, 7) is 3.67. The third kappa shape index (κ3) is 5.17. The maximum atomic E-state index is 13.3. The fourth-order valence-corrected chi connectivity index (χ4v) is 4.73. The number of aromatic nitrogens is 2. The normalized spacial score (nSPS) is 11.6. The Hall–Kier alpha value is -3.13. The maximum absolute atomic E-state index is 13.3. The van der Waals surface area contributed by atoms with Crippen molar-refractivity contribution in [1.82, 2.24) is 15.0 Å². The minimum atomic E-state index is -0.340. The molecule has 0 unspecified atom stereocenters. The van der Waals surface area contributed by atoms with Crippen molar-refractivity contribution in [2.45, 2.75) is 19.0 Å². The van der Waals surface area contributed by atoms with Crippen LogP contribution >= 0.6 is 35.0 Å². The van der Waals surface area contributed by atoms with E-state index in [2.05, 4.69) is 15.5 Å². The third-order valence-corrected chi connectivity index (χ3v) is 6.59. The molecule has 0 fully saturated rings. The SMILES string of the molecule is CC(=NNC(=O)CSc1nc2ccccc2c(=O)n1-c1ccccc1C)c1ccc(Cl)cc1Cl. The molecular weight excluding hydrogens is 491 g/mol. The van der Waals surface area contributed by atoms with Gasteiger partial charge in [-0.05, 0) is 49.7 Å². The monoisotopic (exact) mass is 510 g/mol. The number of hydrogen-bond acceptors (Lipinski definition) is 5. The molecule has 0 atom stereocenters. The molecule has 0 spiro atoms. The molecule has 4 aromatic rings. The molecule has 0 aliphatic rings. The van der Waals surface area contributed by atoms with E-state index in [4.69, 9.17) is 23.2 Å². The number of carbonyl (C=O) groups is 1. The van der Waals surface area contributed by atoms with Gasteiger partial charge in [-0.2, -0.15) is 5.10 Å². The van der Waals surface area contributed by atoms with Crippen LogP contribution in [0.3, 0.4) is 0 Å². The molecule has 172 valence electrons. The predicted molar refractivity (Wildman–Crippen MR) is 140 cm³/mol. The number of halogens is 2. The van der Waals surface area contributed by atoms with Crippen molar-refractivity contribution in [2.75, 3.05) is 5.75 Å². The fraction of sp³-hybridized carbons (Fsp3) is 0.120. The maximum Gasteiger partial charge on any atom is 0.266 e. The molecule has 0 saturated heterocycles. The van der Waals surface area contributed by atoms with E-state index in [1.807, 2.05) is 37.3 Å². The van der Waals surface area contributed by atoms with Crippen LogP contribution in [0.25, 0.3) is 16.6 Å². The zero-order valence-corrected chi connectivity index (χ0v) is 20.7. The number of rotatable bonds is 6. The van der Waals surface area contributed by atoms with E-state index in [1.165, 1.54) is 11.8 Å². The van der Waals surface area contributed by atoms with Gasteiger partial charge in [-0.15, -0.1) is 0 Å². The lowest BCUT2D eigenvalue weighted by atomic mass is 10.1. The minimum absolute atomic E-state index is 0.0157. The summed E-state index contributed by atoms with van der Waals surface area (Å²) in [5.74, 6) is -0.324. The number of nitrogens with zero attached hydrogens (tertiary/aromatic N) is 3. The van der Waals surface area contributed by atoms with Gasteiger partial charge in [-0.3, -0.25) is 14.2 Å². The zero-order chi connectivity index (χ0) is 24.2. The van der Waals surface area contributed by atoms with Crippen LogP contribution < -0.4 is 11.0 Å². The highest BCUT2D eigenvalue weighted by atomic mass is 35.5. The van der Waals surface area contributed by atoms with Gasteiger partial charge in [-0.25, -0.2) is 10.4 Å². The average Bonchev–Trinajstić information content (AvgIpc) is 2.82. The smallest absolute Gasteiger partial charge is 0.266 e. The van der Waals surface area contributed by atoms with Crippen LogP contribution in [0.1, 0.15) is 18.1 Å². The van der Waals surface area contributed by atoms with Gasteiger partial charge in [0.15, 0.2) is 5.16 Å². The molecule has 0 radical (unpaired) electrons. The van der Waals surface area contributed by atoms with Crippen molar-refractivity contribution in [3.8, 4) is 5.69 Å². The molecule has 4 rings (SSSR count). The van der Waals surface area contributed by atoms with Crippen molar-refractivity contribution in [2.24, 2.45) is 5.10 Å². The number of aryl methyl sites for hydroxylation is 1. The topological polar surface area (TPSA) is 76.3 Å². The second kappa shape index (κ2) is 10.4. The Balaban J connectivity index is 1.59. The summed E-state index contributed by atoms with van der Waals surface area (Å²) in [6, 6.07) is 19.8. The molecule has 0 aliphatic heterocycles. The molecule has 0 saturated carbocycles. The van der Waals surface area contributed by atoms with Crippen LogP contribution in [0, 0.1) is 6.92 Å². The summed E-state index contributed by atoms with van der Waals surface area (Å²) >= 11 is 13.3. The van der Waals surface area contributed by atoms with E-state index in [1.54, 1.807) is 47.9 Å². The highest BCUT2D eigenvalue weighted by Crippen LogP contribution is 2.23. The number of carbonyl (C=O) groups excluding carboxylic acids is 1. The van der Waals surface area contributed by atoms with Gasteiger partial charge in [0, 0.05) is 10.6 Å². The molecule has 1 N–H and O–H groups in total. The van der Waals surface area contributed by atoms with Crippen LogP contribution in [0.15, 0.2) is 81.8 Å². The fourth-order valence-electron chi connectivity index (χ4n) is 3.39.